The Morgan fingerprint density at radius 3 is 2.55 bits per heavy atom. The maximum Gasteiger partial charge on any atom is 0.338 e. The number of carbonyl (C=O) groups is 1. The lowest BCUT2D eigenvalue weighted by atomic mass is 10.2. The van der Waals surface area contributed by atoms with Gasteiger partial charge in [-0.2, -0.15) is 4.31 Å². The van der Waals surface area contributed by atoms with Crippen molar-refractivity contribution in [1.29, 1.82) is 0 Å². The Hall–Kier alpha value is -1.15. The van der Waals surface area contributed by atoms with E-state index in [2.05, 4.69) is 5.32 Å². The summed E-state index contributed by atoms with van der Waals surface area (Å²) >= 11 is 0. The van der Waals surface area contributed by atoms with E-state index in [1.807, 2.05) is 0 Å². The van der Waals surface area contributed by atoms with Gasteiger partial charge in [0.2, 0.25) is 10.0 Å². The predicted molar refractivity (Wildman–Crippen MR) is 85.9 cm³/mol. The Morgan fingerprint density at radius 2 is 1.91 bits per heavy atom. The van der Waals surface area contributed by atoms with Crippen LogP contribution in [0.3, 0.4) is 0 Å². The molecule has 1 N–H and O–H groups in total. The van der Waals surface area contributed by atoms with Crippen LogP contribution in [-0.2, 0) is 14.8 Å². The van der Waals surface area contributed by atoms with E-state index in [9.17, 15) is 13.2 Å². The third-order valence-electron chi connectivity index (χ3n) is 3.30. The normalized spacial score (nSPS) is 16.4. The molecule has 0 unspecified atom stereocenters. The van der Waals surface area contributed by atoms with Gasteiger partial charge in [-0.3, -0.25) is 0 Å². The molecular weight excluding hydrogens is 328 g/mol. The molecule has 1 heterocycles. The summed E-state index contributed by atoms with van der Waals surface area (Å²) in [5.74, 6) is -0.444. The molecule has 0 spiro atoms. The molecule has 0 aromatic heterocycles. The summed E-state index contributed by atoms with van der Waals surface area (Å²) in [6, 6.07) is 5.89. The summed E-state index contributed by atoms with van der Waals surface area (Å²) in [6.07, 6.45) is 0.792. The van der Waals surface area contributed by atoms with Crippen LogP contribution >= 0.6 is 12.4 Å². The molecule has 0 radical (unpaired) electrons. The highest BCUT2D eigenvalue weighted by Crippen LogP contribution is 2.17. The molecular formula is C14H21ClN2O4S. The van der Waals surface area contributed by atoms with E-state index in [1.165, 1.54) is 28.6 Å². The molecule has 0 atom stereocenters. The number of esters is 1. The number of ether oxygens (including phenoxy) is 1. The molecule has 1 fully saturated rings. The van der Waals surface area contributed by atoms with Gasteiger partial charge in [-0.1, -0.05) is 0 Å². The highest BCUT2D eigenvalue weighted by Gasteiger charge is 2.25. The van der Waals surface area contributed by atoms with E-state index < -0.39 is 16.0 Å². The van der Waals surface area contributed by atoms with Crippen LogP contribution < -0.4 is 5.32 Å². The predicted octanol–water partition coefficient (Wildman–Crippen LogP) is 1.27. The van der Waals surface area contributed by atoms with Gasteiger partial charge in [0.1, 0.15) is 0 Å². The molecule has 1 aliphatic heterocycles. The SMILES string of the molecule is CCOC(=O)c1ccc(S(=O)(=O)N2CCCNCC2)cc1.Cl. The summed E-state index contributed by atoms with van der Waals surface area (Å²) in [7, 11) is -3.50. The van der Waals surface area contributed by atoms with Crippen LogP contribution in [0.1, 0.15) is 23.7 Å². The van der Waals surface area contributed by atoms with Gasteiger partial charge in [-0.25, -0.2) is 13.2 Å². The number of nitrogens with zero attached hydrogens (tertiary/aromatic N) is 1. The number of sulfonamides is 1. The van der Waals surface area contributed by atoms with Crippen molar-refractivity contribution in [3.8, 4) is 0 Å². The Bertz CT molecular complexity index is 581. The van der Waals surface area contributed by atoms with Gasteiger partial charge in [-0.05, 0) is 44.2 Å². The Labute approximate surface area is 137 Å². The van der Waals surface area contributed by atoms with Crippen LogP contribution in [0.15, 0.2) is 29.2 Å². The van der Waals surface area contributed by atoms with Crippen molar-refractivity contribution in [2.24, 2.45) is 0 Å². The molecule has 6 nitrogen and oxygen atoms in total. The van der Waals surface area contributed by atoms with Crippen LogP contribution in [0.25, 0.3) is 0 Å². The molecule has 1 aliphatic rings. The minimum atomic E-state index is -3.50. The lowest BCUT2D eigenvalue weighted by Crippen LogP contribution is -2.34. The summed E-state index contributed by atoms with van der Waals surface area (Å²) in [5, 5.41) is 3.17. The third-order valence-corrected chi connectivity index (χ3v) is 5.22. The first-order valence-corrected chi connectivity index (χ1v) is 8.48. The molecule has 1 saturated heterocycles. The number of carbonyl (C=O) groups excluding carboxylic acids is 1. The smallest absolute Gasteiger partial charge is 0.338 e. The summed E-state index contributed by atoms with van der Waals surface area (Å²) in [5.41, 5.74) is 0.355. The number of nitrogens with one attached hydrogen (secondary N) is 1. The third kappa shape index (κ3) is 4.42. The number of hydrogen-bond donors (Lipinski definition) is 1. The van der Waals surface area contributed by atoms with E-state index in [4.69, 9.17) is 4.74 Å². The van der Waals surface area contributed by atoms with Gasteiger partial charge in [0.25, 0.3) is 0 Å². The van der Waals surface area contributed by atoms with Crippen molar-refractivity contribution in [2.75, 3.05) is 32.8 Å². The first kappa shape index (κ1) is 18.9. The van der Waals surface area contributed by atoms with Crippen molar-refractivity contribution in [2.45, 2.75) is 18.2 Å². The molecule has 0 amide bonds. The van der Waals surface area contributed by atoms with Crippen LogP contribution in [0.4, 0.5) is 0 Å². The fourth-order valence-corrected chi connectivity index (χ4v) is 3.67. The number of halogens is 1. The lowest BCUT2D eigenvalue weighted by Gasteiger charge is -2.19. The van der Waals surface area contributed by atoms with Crippen LogP contribution in [0, 0.1) is 0 Å². The van der Waals surface area contributed by atoms with Gasteiger partial charge in [0.15, 0.2) is 0 Å². The zero-order valence-electron chi connectivity index (χ0n) is 12.4. The standard InChI is InChI=1S/C14H20N2O4S.ClH/c1-2-20-14(17)12-4-6-13(7-5-12)21(18,19)16-10-3-8-15-9-11-16;/h4-7,15H,2-3,8-11H2,1H3;1H. The zero-order valence-corrected chi connectivity index (χ0v) is 14.1. The fraction of sp³-hybridized carbons (Fsp3) is 0.500. The minimum Gasteiger partial charge on any atom is -0.462 e. The Kier molecular flexibility index (Phi) is 7.28. The number of hydrogen-bond acceptors (Lipinski definition) is 5. The second kappa shape index (κ2) is 8.47. The molecule has 1 aromatic carbocycles. The fourth-order valence-electron chi connectivity index (χ4n) is 2.19. The van der Waals surface area contributed by atoms with Crippen molar-refractivity contribution in [1.82, 2.24) is 9.62 Å². The quantitative estimate of drug-likeness (QED) is 0.829. The molecule has 1 aromatic rings. The van der Waals surface area contributed by atoms with Crippen molar-refractivity contribution < 1.29 is 17.9 Å². The number of rotatable bonds is 4. The molecule has 2 rings (SSSR count). The highest BCUT2D eigenvalue weighted by atomic mass is 35.5. The van der Waals surface area contributed by atoms with Crippen molar-refractivity contribution in [3.63, 3.8) is 0 Å². The van der Waals surface area contributed by atoms with E-state index in [1.54, 1.807) is 6.92 Å². The molecule has 124 valence electrons. The maximum atomic E-state index is 12.5. The Morgan fingerprint density at radius 1 is 1.23 bits per heavy atom. The second-order valence-electron chi connectivity index (χ2n) is 4.75. The monoisotopic (exact) mass is 348 g/mol. The summed E-state index contributed by atoms with van der Waals surface area (Å²) < 4.78 is 31.4. The summed E-state index contributed by atoms with van der Waals surface area (Å²) in [4.78, 5) is 11.8. The van der Waals surface area contributed by atoms with Gasteiger partial charge >= 0.3 is 5.97 Å². The topological polar surface area (TPSA) is 75.7 Å². The summed E-state index contributed by atoms with van der Waals surface area (Å²) in [6.45, 7) is 4.47. The van der Waals surface area contributed by atoms with Crippen LogP contribution in [0.5, 0.6) is 0 Å². The average Bonchev–Trinajstić information content (AvgIpc) is 2.77. The van der Waals surface area contributed by atoms with Crippen molar-refractivity contribution >= 4 is 28.4 Å². The van der Waals surface area contributed by atoms with E-state index in [-0.39, 0.29) is 17.3 Å². The van der Waals surface area contributed by atoms with Crippen LogP contribution in [-0.4, -0.2) is 51.5 Å². The molecule has 22 heavy (non-hydrogen) atoms. The van der Waals surface area contributed by atoms with Gasteiger partial charge in [0.05, 0.1) is 17.1 Å². The van der Waals surface area contributed by atoms with E-state index >= 15 is 0 Å². The Balaban J connectivity index is 0.00000242. The van der Waals surface area contributed by atoms with E-state index in [0.717, 1.165) is 13.0 Å². The maximum absolute atomic E-state index is 12.5. The average molecular weight is 349 g/mol. The molecule has 0 bridgehead atoms. The lowest BCUT2D eigenvalue weighted by molar-refractivity contribution is 0.0526. The highest BCUT2D eigenvalue weighted by molar-refractivity contribution is 7.89. The largest absolute Gasteiger partial charge is 0.462 e. The molecule has 8 heteroatoms. The van der Waals surface area contributed by atoms with Gasteiger partial charge in [-0.15, -0.1) is 12.4 Å². The second-order valence-corrected chi connectivity index (χ2v) is 6.69. The zero-order chi connectivity index (χ0) is 15.3. The first-order valence-electron chi connectivity index (χ1n) is 7.03. The molecule has 0 aliphatic carbocycles. The van der Waals surface area contributed by atoms with E-state index in [0.29, 0.717) is 31.8 Å². The molecule has 0 saturated carbocycles. The minimum absolute atomic E-state index is 0. The van der Waals surface area contributed by atoms with Crippen molar-refractivity contribution in [3.05, 3.63) is 29.8 Å². The van der Waals surface area contributed by atoms with Crippen LogP contribution in [0.2, 0.25) is 0 Å². The van der Waals surface area contributed by atoms with Gasteiger partial charge < -0.3 is 10.1 Å². The number of benzene rings is 1. The first-order chi connectivity index (χ1) is 10.1. The van der Waals surface area contributed by atoms with Gasteiger partial charge in [0, 0.05) is 19.6 Å².